The second-order valence-electron chi connectivity index (χ2n) is 16.1. The summed E-state index contributed by atoms with van der Waals surface area (Å²) in [6.45, 7) is 7.16. The minimum Gasteiger partial charge on any atom is -0.490 e. The van der Waals surface area contributed by atoms with Gasteiger partial charge < -0.3 is 19.4 Å². The van der Waals surface area contributed by atoms with E-state index in [1.165, 1.54) is 0 Å². The lowest BCUT2D eigenvalue weighted by atomic mass is 9.95. The lowest BCUT2D eigenvalue weighted by Crippen LogP contribution is -2.54. The quantitative estimate of drug-likeness (QED) is 0.321. The number of anilines is 2. The Bertz CT molecular complexity index is 2210. The van der Waals surface area contributed by atoms with E-state index in [-0.39, 0.29) is 36.8 Å². The van der Waals surface area contributed by atoms with Crippen LogP contribution in [0.15, 0.2) is 54.6 Å². The van der Waals surface area contributed by atoms with E-state index in [2.05, 4.69) is 38.2 Å². The molecule has 3 saturated heterocycles. The first-order chi connectivity index (χ1) is 27.6. The Kier molecular flexibility index (Phi) is 9.86. The molecule has 1 aliphatic carbocycles. The Balaban J connectivity index is 0.740. The average molecular weight is 790 g/mol. The predicted octanol–water partition coefficient (Wildman–Crippen LogP) is 4.61. The van der Waals surface area contributed by atoms with Crippen LogP contribution in [0.3, 0.4) is 0 Å². The fourth-order valence-electron chi connectivity index (χ4n) is 9.56. The lowest BCUT2D eigenvalue weighted by Gasteiger charge is -2.40. The van der Waals surface area contributed by atoms with Crippen molar-refractivity contribution in [1.29, 1.82) is 5.26 Å². The van der Waals surface area contributed by atoms with Gasteiger partial charge in [0.25, 0.3) is 17.7 Å². The van der Waals surface area contributed by atoms with E-state index in [1.54, 1.807) is 30.3 Å². The first-order valence-corrected chi connectivity index (χ1v) is 20.4. The summed E-state index contributed by atoms with van der Waals surface area (Å²) in [7, 11) is 0. The van der Waals surface area contributed by atoms with Gasteiger partial charge in [-0.05, 0) is 92.1 Å². The van der Waals surface area contributed by atoms with Gasteiger partial charge in [0.2, 0.25) is 11.8 Å². The molecule has 4 fully saturated rings. The minimum absolute atomic E-state index is 0.0127. The van der Waals surface area contributed by atoms with Gasteiger partial charge >= 0.3 is 0 Å². The van der Waals surface area contributed by atoms with Gasteiger partial charge in [0.1, 0.15) is 24.0 Å². The number of imide groups is 2. The standard InChI is InChI=1S/C43H44ClN7O6/c44-37-22-33(5-1-27(37)23-45)57-32-6-2-31(20-32)50-25-28-19-29(3-7-34(28)41(50)54)49-17-15-47(16-18-49)24-26-11-13-48(14-12-26)30-4-8-35-36(21-30)43(56)51(42(35)55)38-9-10-39(52)46-40(38)53/h1,3-5,7-8,19,21-22,26,31-32,38H,2,6,9-18,20,24-25H2,(H,46,52,53)/t31-,32-,38?/m1/s1. The third kappa shape index (κ3) is 7.10. The number of hydrogen-bond acceptors (Lipinski definition) is 10. The van der Waals surface area contributed by atoms with Gasteiger partial charge in [0, 0.05) is 94.2 Å². The molecule has 1 N–H and O–H groups in total. The predicted molar refractivity (Wildman–Crippen MR) is 211 cm³/mol. The number of ether oxygens (including phenoxy) is 1. The minimum atomic E-state index is -0.969. The van der Waals surface area contributed by atoms with Crippen LogP contribution in [0, 0.1) is 17.2 Å². The third-order valence-corrected chi connectivity index (χ3v) is 13.1. The second-order valence-corrected chi connectivity index (χ2v) is 16.5. The van der Waals surface area contributed by atoms with Crippen molar-refractivity contribution >= 4 is 52.5 Å². The van der Waals surface area contributed by atoms with Crippen molar-refractivity contribution in [3.63, 3.8) is 0 Å². The van der Waals surface area contributed by atoms with Crippen molar-refractivity contribution in [3.8, 4) is 11.8 Å². The maximum Gasteiger partial charge on any atom is 0.262 e. The molecule has 14 heteroatoms. The molecule has 57 heavy (non-hydrogen) atoms. The van der Waals surface area contributed by atoms with Crippen LogP contribution >= 0.6 is 11.6 Å². The largest absolute Gasteiger partial charge is 0.490 e. The molecule has 1 unspecified atom stereocenters. The van der Waals surface area contributed by atoms with Crippen molar-refractivity contribution in [2.24, 2.45) is 5.92 Å². The SMILES string of the molecule is N#Cc1ccc(O[C@@H]2CC[C@@H](N3Cc4cc(N5CCN(CC6CCN(c7ccc8c(c7)C(=O)N(C7CCC(=O)NC7=O)C8=O)CC6)CC5)ccc4C3=O)C2)cc1Cl. The Morgan fingerprint density at radius 3 is 2.21 bits per heavy atom. The number of piperidine rings is 2. The smallest absolute Gasteiger partial charge is 0.262 e. The average Bonchev–Trinajstić information content (AvgIpc) is 3.88. The highest BCUT2D eigenvalue weighted by molar-refractivity contribution is 6.31. The van der Waals surface area contributed by atoms with Crippen LogP contribution in [0.1, 0.15) is 87.1 Å². The second kappa shape index (κ2) is 15.1. The van der Waals surface area contributed by atoms with Gasteiger partial charge in [-0.2, -0.15) is 5.26 Å². The molecule has 1 saturated carbocycles. The van der Waals surface area contributed by atoms with Crippen LogP contribution in [-0.2, 0) is 16.1 Å². The summed E-state index contributed by atoms with van der Waals surface area (Å²) in [5.41, 5.74) is 4.98. The number of carbonyl (C=O) groups excluding carboxylic acids is 5. The zero-order chi connectivity index (χ0) is 39.4. The summed E-state index contributed by atoms with van der Waals surface area (Å²) in [6, 6.07) is 18.0. The summed E-state index contributed by atoms with van der Waals surface area (Å²) < 4.78 is 6.20. The number of rotatable bonds is 8. The maximum atomic E-state index is 13.5. The van der Waals surface area contributed by atoms with Gasteiger partial charge in [-0.1, -0.05) is 11.6 Å². The third-order valence-electron chi connectivity index (χ3n) is 12.7. The highest BCUT2D eigenvalue weighted by atomic mass is 35.5. The highest BCUT2D eigenvalue weighted by Crippen LogP contribution is 2.37. The summed E-state index contributed by atoms with van der Waals surface area (Å²) in [4.78, 5) is 74.3. The first kappa shape index (κ1) is 37.1. The molecular formula is C43H44ClN7O6. The summed E-state index contributed by atoms with van der Waals surface area (Å²) >= 11 is 6.21. The zero-order valence-corrected chi connectivity index (χ0v) is 32.4. The number of nitrogens with one attached hydrogen (secondary N) is 1. The van der Waals surface area contributed by atoms with Crippen LogP contribution < -0.4 is 19.9 Å². The van der Waals surface area contributed by atoms with Crippen LogP contribution in [0.4, 0.5) is 11.4 Å². The molecule has 5 amide bonds. The van der Waals surface area contributed by atoms with Crippen molar-refractivity contribution in [3.05, 3.63) is 87.4 Å². The van der Waals surface area contributed by atoms with Gasteiger partial charge in [0.15, 0.2) is 0 Å². The summed E-state index contributed by atoms with van der Waals surface area (Å²) in [5, 5.41) is 11.8. The fourth-order valence-corrected chi connectivity index (χ4v) is 9.78. The van der Waals surface area contributed by atoms with Crippen molar-refractivity contribution in [1.82, 2.24) is 20.0 Å². The molecule has 5 aliphatic heterocycles. The molecule has 294 valence electrons. The van der Waals surface area contributed by atoms with Crippen molar-refractivity contribution < 1.29 is 28.7 Å². The Hall–Kier alpha value is -5.45. The molecule has 5 heterocycles. The fraction of sp³-hybridized carbons (Fsp3) is 0.442. The molecule has 3 aromatic carbocycles. The molecule has 3 atom stereocenters. The van der Waals surface area contributed by atoms with E-state index < -0.39 is 23.8 Å². The molecule has 3 aromatic rings. The number of nitrogens with zero attached hydrogens (tertiary/aromatic N) is 6. The number of carbonyl (C=O) groups is 5. The highest BCUT2D eigenvalue weighted by Gasteiger charge is 2.45. The molecule has 0 spiro atoms. The number of hydrogen-bond donors (Lipinski definition) is 1. The zero-order valence-electron chi connectivity index (χ0n) is 31.6. The monoisotopic (exact) mass is 789 g/mol. The molecule has 0 radical (unpaired) electrons. The van der Waals surface area contributed by atoms with E-state index in [4.69, 9.17) is 21.6 Å². The first-order valence-electron chi connectivity index (χ1n) is 20.0. The molecule has 9 rings (SSSR count). The van der Waals surface area contributed by atoms with Crippen LogP contribution in [0.25, 0.3) is 0 Å². The van der Waals surface area contributed by atoms with Gasteiger partial charge in [0.05, 0.1) is 21.7 Å². The van der Waals surface area contributed by atoms with Gasteiger partial charge in [-0.3, -0.25) is 39.1 Å². The van der Waals surface area contributed by atoms with Crippen molar-refractivity contribution in [2.75, 3.05) is 55.6 Å². The molecular weight excluding hydrogens is 746 g/mol. The van der Waals surface area contributed by atoms with E-state index in [0.29, 0.717) is 39.9 Å². The Labute approximate surface area is 336 Å². The molecule has 0 aromatic heterocycles. The molecule has 6 aliphatic rings. The van der Waals surface area contributed by atoms with Gasteiger partial charge in [-0.25, -0.2) is 0 Å². The van der Waals surface area contributed by atoms with E-state index in [1.807, 2.05) is 17.0 Å². The molecule has 13 nitrogen and oxygen atoms in total. The Morgan fingerprint density at radius 2 is 1.47 bits per heavy atom. The number of nitriles is 1. The van der Waals surface area contributed by atoms with Crippen LogP contribution in [-0.4, -0.2) is 108 Å². The number of piperazine rings is 1. The van der Waals surface area contributed by atoms with E-state index in [0.717, 1.165) is 105 Å². The summed E-state index contributed by atoms with van der Waals surface area (Å²) in [5.74, 6) is -0.656. The number of halogens is 1. The topological polar surface area (TPSA) is 147 Å². The number of amides is 5. The van der Waals surface area contributed by atoms with Crippen LogP contribution in [0.2, 0.25) is 5.02 Å². The Morgan fingerprint density at radius 1 is 0.754 bits per heavy atom. The van der Waals surface area contributed by atoms with Gasteiger partial charge in [-0.15, -0.1) is 0 Å². The van der Waals surface area contributed by atoms with E-state index >= 15 is 0 Å². The number of fused-ring (bicyclic) bond motifs is 2. The maximum absolute atomic E-state index is 13.5. The van der Waals surface area contributed by atoms with Crippen molar-refractivity contribution in [2.45, 2.75) is 69.7 Å². The molecule has 0 bridgehead atoms. The number of benzene rings is 3. The normalized spacial score (nSPS) is 24.2. The lowest BCUT2D eigenvalue weighted by molar-refractivity contribution is -0.136. The van der Waals surface area contributed by atoms with E-state index in [9.17, 15) is 24.0 Å². The van der Waals surface area contributed by atoms with Crippen LogP contribution in [0.5, 0.6) is 5.75 Å². The summed E-state index contributed by atoms with van der Waals surface area (Å²) in [6.07, 6.45) is 4.77.